The number of carbonyl (C=O) groups excluding carboxylic acids is 1. The van der Waals surface area contributed by atoms with E-state index in [1.54, 1.807) is 23.1 Å². The number of unbranched alkanes of at least 4 members (excludes halogenated alkanes) is 4. The van der Waals surface area contributed by atoms with Crippen LogP contribution in [0, 0.1) is 0 Å². The lowest BCUT2D eigenvalue weighted by Crippen LogP contribution is -2.31. The Balaban J connectivity index is 1.93. The molecule has 1 aromatic heterocycles. The first-order chi connectivity index (χ1) is 12.1. The lowest BCUT2D eigenvalue weighted by Gasteiger charge is -2.22. The molecule has 0 aliphatic carbocycles. The Kier molecular flexibility index (Phi) is 5.76. The largest absolute Gasteiger partial charge is 0.435 e. The lowest BCUT2D eigenvalue weighted by atomic mass is 10.1. The average Bonchev–Trinajstić information content (AvgIpc) is 2.70. The molecule has 0 saturated heterocycles. The molecule has 2 aromatic rings. The van der Waals surface area contributed by atoms with E-state index in [1.807, 2.05) is 0 Å². The molecule has 0 radical (unpaired) electrons. The van der Waals surface area contributed by atoms with Crippen LogP contribution in [0.3, 0.4) is 0 Å². The SMILES string of the molecule is CCCCCCCN1C(=O)c2cc(Cl)nnc2Oc2ccc(Cl)cc21. The molecule has 0 N–H and O–H groups in total. The maximum Gasteiger partial charge on any atom is 0.264 e. The predicted octanol–water partition coefficient (Wildman–Crippen LogP) is 5.51. The minimum Gasteiger partial charge on any atom is -0.435 e. The van der Waals surface area contributed by atoms with Crippen LogP contribution < -0.4 is 9.64 Å². The van der Waals surface area contributed by atoms with Gasteiger partial charge >= 0.3 is 0 Å². The van der Waals surface area contributed by atoms with Crippen molar-refractivity contribution in [2.45, 2.75) is 39.0 Å². The van der Waals surface area contributed by atoms with Crippen molar-refractivity contribution in [1.82, 2.24) is 10.2 Å². The van der Waals surface area contributed by atoms with Crippen LogP contribution in [-0.2, 0) is 0 Å². The fourth-order valence-electron chi connectivity index (χ4n) is 2.83. The molecule has 3 rings (SSSR count). The molecule has 5 nitrogen and oxygen atoms in total. The third kappa shape index (κ3) is 4.05. The van der Waals surface area contributed by atoms with Crippen LogP contribution in [0.1, 0.15) is 49.4 Å². The zero-order valence-corrected chi connectivity index (χ0v) is 15.5. The summed E-state index contributed by atoms with van der Waals surface area (Å²) in [6, 6.07) is 6.69. The van der Waals surface area contributed by atoms with E-state index in [2.05, 4.69) is 17.1 Å². The number of fused-ring (bicyclic) bond motifs is 2. The van der Waals surface area contributed by atoms with E-state index < -0.39 is 0 Å². The summed E-state index contributed by atoms with van der Waals surface area (Å²) in [7, 11) is 0. The van der Waals surface area contributed by atoms with Crippen LogP contribution in [0.15, 0.2) is 24.3 Å². The third-order valence-electron chi connectivity index (χ3n) is 4.11. The maximum atomic E-state index is 13.1. The number of aromatic nitrogens is 2. The fourth-order valence-corrected chi connectivity index (χ4v) is 3.14. The van der Waals surface area contributed by atoms with Gasteiger partial charge in [-0.1, -0.05) is 55.8 Å². The van der Waals surface area contributed by atoms with Crippen molar-refractivity contribution in [3.8, 4) is 11.6 Å². The highest BCUT2D eigenvalue weighted by atomic mass is 35.5. The topological polar surface area (TPSA) is 55.3 Å². The van der Waals surface area contributed by atoms with Gasteiger partial charge < -0.3 is 9.64 Å². The number of amides is 1. The first-order valence-electron chi connectivity index (χ1n) is 8.42. The molecule has 1 aromatic carbocycles. The molecule has 1 aliphatic rings. The predicted molar refractivity (Wildman–Crippen MR) is 99.0 cm³/mol. The standard InChI is InChI=1S/C18H19Cl2N3O2/c1-2-3-4-5-6-9-23-14-10-12(19)7-8-15(14)25-17-13(18(23)24)11-16(20)21-22-17/h7-8,10-11H,2-6,9H2,1H3. The zero-order chi connectivity index (χ0) is 17.8. The first kappa shape index (κ1) is 18.0. The summed E-state index contributed by atoms with van der Waals surface area (Å²) in [5.74, 6) is 0.483. The minimum absolute atomic E-state index is 0.155. The van der Waals surface area contributed by atoms with Crippen LogP contribution in [-0.4, -0.2) is 22.6 Å². The van der Waals surface area contributed by atoms with Crippen molar-refractivity contribution in [3.63, 3.8) is 0 Å². The van der Waals surface area contributed by atoms with Gasteiger partial charge in [0, 0.05) is 11.6 Å². The Bertz CT molecular complexity index is 783. The Morgan fingerprint density at radius 1 is 1.08 bits per heavy atom. The second kappa shape index (κ2) is 8.02. The number of halogens is 2. The summed E-state index contributed by atoms with van der Waals surface area (Å²) in [5, 5.41) is 8.39. The van der Waals surface area contributed by atoms with Crippen molar-refractivity contribution in [2.75, 3.05) is 11.4 Å². The molecule has 0 bridgehead atoms. The van der Waals surface area contributed by atoms with Gasteiger partial charge in [0.05, 0.1) is 5.69 Å². The number of rotatable bonds is 6. The summed E-state index contributed by atoms with van der Waals surface area (Å²) < 4.78 is 5.80. The van der Waals surface area contributed by atoms with Gasteiger partial charge in [-0.15, -0.1) is 10.2 Å². The molecule has 1 amide bonds. The maximum absolute atomic E-state index is 13.1. The number of anilines is 1. The number of carbonyl (C=O) groups is 1. The molecule has 7 heteroatoms. The van der Waals surface area contributed by atoms with Crippen molar-refractivity contribution in [2.24, 2.45) is 0 Å². The second-order valence-corrected chi connectivity index (χ2v) is 6.79. The van der Waals surface area contributed by atoms with Crippen LogP contribution in [0.4, 0.5) is 5.69 Å². The summed E-state index contributed by atoms with van der Waals surface area (Å²) in [4.78, 5) is 14.8. The van der Waals surface area contributed by atoms with Gasteiger partial charge in [0.25, 0.3) is 11.8 Å². The molecule has 0 spiro atoms. The van der Waals surface area contributed by atoms with Gasteiger partial charge in [-0.05, 0) is 30.7 Å². The van der Waals surface area contributed by atoms with Gasteiger partial charge in [-0.25, -0.2) is 0 Å². The first-order valence-corrected chi connectivity index (χ1v) is 9.18. The van der Waals surface area contributed by atoms with E-state index in [-0.39, 0.29) is 16.9 Å². The number of ether oxygens (including phenoxy) is 1. The van der Waals surface area contributed by atoms with E-state index in [0.29, 0.717) is 28.6 Å². The lowest BCUT2D eigenvalue weighted by molar-refractivity contribution is 0.0986. The van der Waals surface area contributed by atoms with Crippen molar-refractivity contribution < 1.29 is 9.53 Å². The molecule has 132 valence electrons. The fraction of sp³-hybridized carbons (Fsp3) is 0.389. The van der Waals surface area contributed by atoms with Crippen molar-refractivity contribution >= 4 is 34.8 Å². The third-order valence-corrected chi connectivity index (χ3v) is 4.53. The molecule has 1 aliphatic heterocycles. The Hall–Kier alpha value is -1.85. The van der Waals surface area contributed by atoms with Crippen molar-refractivity contribution in [3.05, 3.63) is 40.0 Å². The molecule has 0 fully saturated rings. The quantitative estimate of drug-likeness (QED) is 0.621. The smallest absolute Gasteiger partial charge is 0.264 e. The number of nitrogens with zero attached hydrogens (tertiary/aromatic N) is 3. The molecule has 0 unspecified atom stereocenters. The molecule has 25 heavy (non-hydrogen) atoms. The van der Waals surface area contributed by atoms with Gasteiger partial charge in [0.15, 0.2) is 10.9 Å². The summed E-state index contributed by atoms with van der Waals surface area (Å²) >= 11 is 12.1. The van der Waals surface area contributed by atoms with Crippen LogP contribution in [0.25, 0.3) is 0 Å². The number of hydrogen-bond donors (Lipinski definition) is 0. The highest BCUT2D eigenvalue weighted by molar-refractivity contribution is 6.31. The summed E-state index contributed by atoms with van der Waals surface area (Å²) in [5.41, 5.74) is 0.947. The highest BCUT2D eigenvalue weighted by Crippen LogP contribution is 2.39. The van der Waals surface area contributed by atoms with E-state index in [4.69, 9.17) is 27.9 Å². The molecule has 0 atom stereocenters. The van der Waals surface area contributed by atoms with Gasteiger partial charge in [-0.2, -0.15) is 0 Å². The number of benzene rings is 1. The summed E-state index contributed by atoms with van der Waals surface area (Å²) in [6.07, 6.45) is 5.51. The molecule has 0 saturated carbocycles. The van der Waals surface area contributed by atoms with Crippen LogP contribution in [0.2, 0.25) is 10.2 Å². The Labute approximate surface area is 156 Å². The van der Waals surface area contributed by atoms with Gasteiger partial charge in [0.2, 0.25) is 0 Å². The Morgan fingerprint density at radius 2 is 1.88 bits per heavy atom. The average molecular weight is 380 g/mol. The van der Waals surface area contributed by atoms with Gasteiger partial charge in [0.1, 0.15) is 5.56 Å². The zero-order valence-electron chi connectivity index (χ0n) is 14.0. The minimum atomic E-state index is -0.205. The van der Waals surface area contributed by atoms with Crippen LogP contribution in [0.5, 0.6) is 11.6 Å². The van der Waals surface area contributed by atoms with E-state index in [9.17, 15) is 4.79 Å². The normalized spacial score (nSPS) is 13.1. The van der Waals surface area contributed by atoms with Crippen LogP contribution >= 0.6 is 23.2 Å². The van der Waals surface area contributed by atoms with E-state index in [1.165, 1.54) is 18.9 Å². The molecular formula is C18H19Cl2N3O2. The second-order valence-electron chi connectivity index (χ2n) is 5.97. The van der Waals surface area contributed by atoms with Gasteiger partial charge in [-0.3, -0.25) is 4.79 Å². The monoisotopic (exact) mass is 379 g/mol. The van der Waals surface area contributed by atoms with E-state index in [0.717, 1.165) is 19.3 Å². The van der Waals surface area contributed by atoms with Crippen molar-refractivity contribution in [1.29, 1.82) is 0 Å². The van der Waals surface area contributed by atoms with E-state index >= 15 is 0 Å². The summed E-state index contributed by atoms with van der Waals surface area (Å²) in [6.45, 7) is 2.76. The highest BCUT2D eigenvalue weighted by Gasteiger charge is 2.29. The Morgan fingerprint density at radius 3 is 2.68 bits per heavy atom. The molecular weight excluding hydrogens is 361 g/mol. The number of hydrogen-bond acceptors (Lipinski definition) is 4. The molecule has 2 heterocycles.